The monoisotopic (exact) mass is 472 g/mol. The van der Waals surface area contributed by atoms with Crippen LogP contribution in [-0.4, -0.2) is 38.4 Å². The number of nitrogens with one attached hydrogen (secondary N) is 3. The molecule has 4 aromatic rings. The highest BCUT2D eigenvalue weighted by molar-refractivity contribution is 6.11. The molecule has 0 radical (unpaired) electrons. The van der Waals surface area contributed by atoms with Crippen molar-refractivity contribution in [3.63, 3.8) is 0 Å². The molecule has 178 valence electrons. The van der Waals surface area contributed by atoms with Gasteiger partial charge in [0.05, 0.1) is 11.1 Å². The predicted molar refractivity (Wildman–Crippen MR) is 130 cm³/mol. The predicted octanol–water partition coefficient (Wildman–Crippen LogP) is 4.28. The van der Waals surface area contributed by atoms with Gasteiger partial charge in [-0.1, -0.05) is 6.07 Å². The highest BCUT2D eigenvalue weighted by Crippen LogP contribution is 2.35. The maximum absolute atomic E-state index is 15.4. The van der Waals surface area contributed by atoms with Gasteiger partial charge in [0.1, 0.15) is 11.6 Å². The average molecular weight is 473 g/mol. The highest BCUT2D eigenvalue weighted by Gasteiger charge is 2.30. The van der Waals surface area contributed by atoms with Crippen LogP contribution in [0.25, 0.3) is 33.5 Å². The van der Waals surface area contributed by atoms with E-state index in [4.69, 9.17) is 0 Å². The second kappa shape index (κ2) is 8.33. The van der Waals surface area contributed by atoms with E-state index in [1.165, 1.54) is 25.0 Å². The topological polar surface area (TPSA) is 105 Å². The van der Waals surface area contributed by atoms with E-state index in [9.17, 15) is 9.59 Å². The van der Waals surface area contributed by atoms with E-state index in [1.807, 2.05) is 12.3 Å². The Morgan fingerprint density at radius 1 is 1.14 bits per heavy atom. The quantitative estimate of drug-likeness (QED) is 0.403. The number of H-pyrrole nitrogens is 1. The number of fused-ring (bicyclic) bond motifs is 2. The van der Waals surface area contributed by atoms with Crippen molar-refractivity contribution in [3.05, 3.63) is 53.7 Å². The number of aryl methyl sites for hydroxylation is 1. The van der Waals surface area contributed by atoms with E-state index in [1.54, 1.807) is 12.1 Å². The summed E-state index contributed by atoms with van der Waals surface area (Å²) >= 11 is 0. The number of hydrogen-bond acceptors (Lipinski definition) is 4. The van der Waals surface area contributed by atoms with E-state index in [-0.39, 0.29) is 17.7 Å². The molecule has 0 saturated heterocycles. The third kappa shape index (κ3) is 3.77. The molecule has 1 saturated carbocycles. The minimum Gasteiger partial charge on any atom is -0.355 e. The summed E-state index contributed by atoms with van der Waals surface area (Å²) in [6.07, 6.45) is 8.26. The van der Waals surface area contributed by atoms with Crippen molar-refractivity contribution >= 4 is 28.5 Å². The summed E-state index contributed by atoms with van der Waals surface area (Å²) in [6, 6.07) is 6.81. The van der Waals surface area contributed by atoms with Gasteiger partial charge in [0.15, 0.2) is 5.82 Å². The molecule has 8 nitrogen and oxygen atoms in total. The van der Waals surface area contributed by atoms with E-state index in [2.05, 4.69) is 30.2 Å². The van der Waals surface area contributed by atoms with Crippen LogP contribution in [0.4, 0.5) is 10.2 Å². The largest absolute Gasteiger partial charge is 0.355 e. The van der Waals surface area contributed by atoms with Crippen LogP contribution in [0.15, 0.2) is 36.7 Å². The second-order valence-corrected chi connectivity index (χ2v) is 9.21. The molecule has 0 spiro atoms. The normalized spacial score (nSPS) is 15.1. The maximum atomic E-state index is 15.4. The first-order valence-corrected chi connectivity index (χ1v) is 11.9. The van der Waals surface area contributed by atoms with Gasteiger partial charge in [-0.3, -0.25) is 9.59 Å². The highest BCUT2D eigenvalue weighted by atomic mass is 19.1. The number of pyridine rings is 1. The summed E-state index contributed by atoms with van der Waals surface area (Å²) in [5.74, 6) is 0.294. The fraction of sp³-hybridized carbons (Fsp3) is 0.308. The number of benzene rings is 1. The Balaban J connectivity index is 1.41. The van der Waals surface area contributed by atoms with E-state index >= 15 is 4.39 Å². The molecule has 0 unspecified atom stereocenters. The van der Waals surface area contributed by atoms with Crippen LogP contribution in [-0.2, 0) is 17.8 Å². The Bertz CT molecular complexity index is 1480. The number of hydrogen-bond donors (Lipinski definition) is 3. The lowest BCUT2D eigenvalue weighted by Gasteiger charge is -2.16. The Morgan fingerprint density at radius 3 is 2.77 bits per heavy atom. The zero-order chi connectivity index (χ0) is 24.1. The van der Waals surface area contributed by atoms with Crippen LogP contribution < -0.4 is 10.6 Å². The maximum Gasteiger partial charge on any atom is 0.253 e. The zero-order valence-corrected chi connectivity index (χ0v) is 19.3. The standard InChI is InChI=1S/C26H25FN6O2/c1-28-26(35)19-13-29-23(32-25(34)14-5-6-14)22-18(19)11-21(31-22)17-8-7-15(10-20(17)27)24-30-12-16-4-2-3-9-33(16)24/h7-8,10-14,31H,2-6,9H2,1H3,(H,28,35)(H,29,32,34). The first-order valence-electron chi connectivity index (χ1n) is 11.9. The molecule has 4 heterocycles. The molecule has 1 aliphatic carbocycles. The molecule has 1 fully saturated rings. The molecule has 9 heteroatoms. The summed E-state index contributed by atoms with van der Waals surface area (Å²) in [6.45, 7) is 0.890. The Morgan fingerprint density at radius 2 is 2.00 bits per heavy atom. The fourth-order valence-electron chi connectivity index (χ4n) is 4.78. The molecular formula is C26H25FN6O2. The summed E-state index contributed by atoms with van der Waals surface area (Å²) < 4.78 is 17.6. The van der Waals surface area contributed by atoms with E-state index in [0.717, 1.165) is 50.0 Å². The van der Waals surface area contributed by atoms with Gasteiger partial charge < -0.3 is 20.2 Å². The van der Waals surface area contributed by atoms with E-state index in [0.29, 0.717) is 33.5 Å². The molecule has 1 aliphatic heterocycles. The Labute approximate surface area is 201 Å². The molecule has 1 aromatic carbocycles. The number of halogens is 1. The van der Waals surface area contributed by atoms with Crippen molar-refractivity contribution in [3.8, 4) is 22.6 Å². The number of rotatable bonds is 5. The van der Waals surface area contributed by atoms with Crippen molar-refractivity contribution in [1.29, 1.82) is 0 Å². The number of amides is 2. The molecule has 6 rings (SSSR count). The van der Waals surface area contributed by atoms with Gasteiger partial charge in [-0.25, -0.2) is 14.4 Å². The number of carbonyl (C=O) groups excluding carboxylic acids is 2. The van der Waals surface area contributed by atoms with Crippen LogP contribution in [0.2, 0.25) is 0 Å². The van der Waals surface area contributed by atoms with Crippen molar-refractivity contribution in [2.75, 3.05) is 12.4 Å². The lowest BCUT2D eigenvalue weighted by molar-refractivity contribution is -0.117. The molecule has 3 aromatic heterocycles. The number of aromatic nitrogens is 4. The first kappa shape index (κ1) is 21.5. The van der Waals surface area contributed by atoms with Crippen molar-refractivity contribution in [1.82, 2.24) is 24.8 Å². The Hall–Kier alpha value is -4.01. The SMILES string of the molecule is CNC(=O)c1cnc(NC(=O)C2CC2)c2[nH]c(-c3ccc(-c4ncc5n4CCCC5)cc3F)cc12. The van der Waals surface area contributed by atoms with Gasteiger partial charge in [0.2, 0.25) is 5.91 Å². The second-order valence-electron chi connectivity index (χ2n) is 9.21. The van der Waals surface area contributed by atoms with E-state index < -0.39 is 5.82 Å². The molecule has 2 aliphatic rings. The van der Waals surface area contributed by atoms with Crippen molar-refractivity contribution in [2.45, 2.75) is 38.6 Å². The van der Waals surface area contributed by atoms with Crippen molar-refractivity contribution < 1.29 is 14.0 Å². The third-order valence-electron chi connectivity index (χ3n) is 6.85. The minimum atomic E-state index is -0.403. The number of aromatic amines is 1. The molecule has 0 bridgehead atoms. The van der Waals surface area contributed by atoms with Crippen LogP contribution in [0.5, 0.6) is 0 Å². The zero-order valence-electron chi connectivity index (χ0n) is 19.3. The molecular weight excluding hydrogens is 447 g/mol. The average Bonchev–Trinajstić information content (AvgIpc) is 3.49. The van der Waals surface area contributed by atoms with Crippen molar-refractivity contribution in [2.24, 2.45) is 5.92 Å². The smallest absolute Gasteiger partial charge is 0.253 e. The minimum absolute atomic E-state index is 0.00157. The lowest BCUT2D eigenvalue weighted by atomic mass is 10.1. The van der Waals surface area contributed by atoms with Gasteiger partial charge in [-0.2, -0.15) is 0 Å². The number of nitrogens with zero attached hydrogens (tertiary/aromatic N) is 3. The van der Waals surface area contributed by atoms with Gasteiger partial charge in [-0.05, 0) is 50.3 Å². The summed E-state index contributed by atoms with van der Waals surface area (Å²) in [5, 5.41) is 6.02. The molecule has 35 heavy (non-hydrogen) atoms. The van der Waals surface area contributed by atoms with Crippen LogP contribution >= 0.6 is 0 Å². The number of carbonyl (C=O) groups is 2. The summed E-state index contributed by atoms with van der Waals surface area (Å²) in [7, 11) is 1.54. The summed E-state index contributed by atoms with van der Waals surface area (Å²) in [4.78, 5) is 36.9. The van der Waals surface area contributed by atoms with Gasteiger partial charge in [0.25, 0.3) is 5.91 Å². The van der Waals surface area contributed by atoms with Gasteiger partial charge in [-0.15, -0.1) is 0 Å². The third-order valence-corrected chi connectivity index (χ3v) is 6.85. The fourth-order valence-corrected chi connectivity index (χ4v) is 4.78. The molecule has 0 atom stereocenters. The van der Waals surface area contributed by atoms with Crippen LogP contribution in [0, 0.1) is 11.7 Å². The number of imidazole rings is 1. The van der Waals surface area contributed by atoms with Gasteiger partial charge in [0, 0.05) is 59.8 Å². The lowest BCUT2D eigenvalue weighted by Crippen LogP contribution is -2.19. The molecule has 2 amide bonds. The first-order chi connectivity index (χ1) is 17.0. The van der Waals surface area contributed by atoms with Gasteiger partial charge >= 0.3 is 0 Å². The number of anilines is 1. The summed E-state index contributed by atoms with van der Waals surface area (Å²) in [5.41, 5.74) is 3.59. The van der Waals surface area contributed by atoms with Crippen LogP contribution in [0.1, 0.15) is 41.7 Å². The van der Waals surface area contributed by atoms with Crippen LogP contribution in [0.3, 0.4) is 0 Å². The molecule has 3 N–H and O–H groups in total. The Kier molecular flexibility index (Phi) is 5.12.